The summed E-state index contributed by atoms with van der Waals surface area (Å²) >= 11 is 5.14. The average molecular weight is 300 g/mol. The Hall–Kier alpha value is -1.61. The van der Waals surface area contributed by atoms with E-state index in [4.69, 9.17) is 18.0 Å². The number of hydrogen-bond acceptors (Lipinski definition) is 2. The van der Waals surface area contributed by atoms with Crippen molar-refractivity contribution in [2.45, 2.75) is 33.1 Å². The summed E-state index contributed by atoms with van der Waals surface area (Å²) in [6.07, 6.45) is 3.76. The van der Waals surface area contributed by atoms with Crippen LogP contribution in [-0.2, 0) is 0 Å². The number of anilines is 1. The first-order valence-electron chi connectivity index (χ1n) is 7.65. The summed E-state index contributed by atoms with van der Waals surface area (Å²) < 4.78 is 0. The van der Waals surface area contributed by atoms with E-state index in [0.29, 0.717) is 4.99 Å². The van der Waals surface area contributed by atoms with Crippen molar-refractivity contribution >= 4 is 33.7 Å². The van der Waals surface area contributed by atoms with Crippen molar-refractivity contribution in [3.05, 3.63) is 42.0 Å². The van der Waals surface area contributed by atoms with Crippen LogP contribution in [0.3, 0.4) is 0 Å². The number of fused-ring (bicyclic) bond motifs is 1. The summed E-state index contributed by atoms with van der Waals surface area (Å²) in [6, 6.07) is 12.4. The molecule has 2 rings (SSSR count). The first-order chi connectivity index (χ1) is 10.1. The van der Waals surface area contributed by atoms with Gasteiger partial charge in [-0.25, -0.2) is 0 Å². The van der Waals surface area contributed by atoms with E-state index in [9.17, 15) is 0 Å². The molecule has 0 aliphatic heterocycles. The van der Waals surface area contributed by atoms with Gasteiger partial charge in [0, 0.05) is 23.2 Å². The maximum Gasteiger partial charge on any atom is 0.104 e. The second-order valence-corrected chi connectivity index (χ2v) is 6.33. The van der Waals surface area contributed by atoms with Crippen LogP contribution < -0.4 is 11.1 Å². The maximum absolute atomic E-state index is 5.81. The standard InChI is InChI=1S/C18H24N2S/c1-13(2)7-5-6-12-20-17-11-10-16(18(19)21)14-8-3-4-9-15(14)17/h3-4,8-11,13,20H,5-7,12H2,1-2H3,(H2,19,21). The molecule has 0 bridgehead atoms. The van der Waals surface area contributed by atoms with Crippen molar-refractivity contribution in [2.75, 3.05) is 11.9 Å². The van der Waals surface area contributed by atoms with Crippen LogP contribution in [0.2, 0.25) is 0 Å². The van der Waals surface area contributed by atoms with E-state index >= 15 is 0 Å². The van der Waals surface area contributed by atoms with Gasteiger partial charge in [-0.05, 0) is 29.9 Å². The zero-order valence-corrected chi connectivity index (χ0v) is 13.7. The molecule has 0 spiro atoms. The largest absolute Gasteiger partial charge is 0.389 e. The Morgan fingerprint density at radius 3 is 2.48 bits per heavy atom. The van der Waals surface area contributed by atoms with Crippen molar-refractivity contribution in [1.82, 2.24) is 0 Å². The van der Waals surface area contributed by atoms with Crippen LogP contribution in [0.15, 0.2) is 36.4 Å². The highest BCUT2D eigenvalue weighted by molar-refractivity contribution is 7.80. The molecular weight excluding hydrogens is 276 g/mol. The van der Waals surface area contributed by atoms with Crippen LogP contribution >= 0.6 is 12.2 Å². The lowest BCUT2D eigenvalue weighted by atomic mass is 10.0. The number of nitrogens with two attached hydrogens (primary N) is 1. The molecule has 2 aromatic rings. The Balaban J connectivity index is 2.11. The smallest absolute Gasteiger partial charge is 0.104 e. The number of rotatable bonds is 7. The molecule has 0 fully saturated rings. The number of benzene rings is 2. The second kappa shape index (κ2) is 7.41. The fourth-order valence-corrected chi connectivity index (χ4v) is 2.75. The molecule has 2 aromatic carbocycles. The van der Waals surface area contributed by atoms with Crippen LogP contribution in [0.25, 0.3) is 10.8 Å². The summed E-state index contributed by atoms with van der Waals surface area (Å²) in [4.78, 5) is 0.453. The van der Waals surface area contributed by atoms with Crippen molar-refractivity contribution in [3.8, 4) is 0 Å². The van der Waals surface area contributed by atoms with Gasteiger partial charge < -0.3 is 11.1 Å². The van der Waals surface area contributed by atoms with Crippen molar-refractivity contribution in [1.29, 1.82) is 0 Å². The maximum atomic E-state index is 5.81. The van der Waals surface area contributed by atoms with Gasteiger partial charge in [0.15, 0.2) is 0 Å². The Bertz CT molecular complexity index is 620. The van der Waals surface area contributed by atoms with Gasteiger partial charge in [0.05, 0.1) is 0 Å². The molecule has 0 saturated heterocycles. The van der Waals surface area contributed by atoms with Crippen LogP contribution in [0.1, 0.15) is 38.7 Å². The topological polar surface area (TPSA) is 38.0 Å². The fraction of sp³-hybridized carbons (Fsp3) is 0.389. The highest BCUT2D eigenvalue weighted by atomic mass is 32.1. The summed E-state index contributed by atoms with van der Waals surface area (Å²) in [5.74, 6) is 0.788. The molecule has 0 saturated carbocycles. The molecule has 0 atom stereocenters. The lowest BCUT2D eigenvalue weighted by Gasteiger charge is -2.13. The van der Waals surface area contributed by atoms with Gasteiger partial charge in [-0.2, -0.15) is 0 Å². The molecule has 0 heterocycles. The molecule has 112 valence electrons. The highest BCUT2D eigenvalue weighted by Crippen LogP contribution is 2.26. The minimum absolute atomic E-state index is 0.453. The number of nitrogens with one attached hydrogen (secondary N) is 1. The lowest BCUT2D eigenvalue weighted by Crippen LogP contribution is -2.10. The van der Waals surface area contributed by atoms with Crippen molar-refractivity contribution < 1.29 is 0 Å². The first kappa shape index (κ1) is 15.8. The van der Waals surface area contributed by atoms with Crippen molar-refractivity contribution in [3.63, 3.8) is 0 Å². The third kappa shape index (κ3) is 4.18. The van der Waals surface area contributed by atoms with Crippen LogP contribution in [0.4, 0.5) is 5.69 Å². The summed E-state index contributed by atoms with van der Waals surface area (Å²) in [5.41, 5.74) is 7.92. The number of unbranched alkanes of at least 4 members (excludes halogenated alkanes) is 1. The second-order valence-electron chi connectivity index (χ2n) is 5.89. The molecule has 21 heavy (non-hydrogen) atoms. The summed E-state index contributed by atoms with van der Waals surface area (Å²) in [6.45, 7) is 5.55. The Morgan fingerprint density at radius 2 is 1.81 bits per heavy atom. The molecule has 2 nitrogen and oxygen atoms in total. The summed E-state index contributed by atoms with van der Waals surface area (Å²) in [5, 5.41) is 5.85. The fourth-order valence-electron chi connectivity index (χ4n) is 2.57. The normalized spacial score (nSPS) is 11.0. The summed E-state index contributed by atoms with van der Waals surface area (Å²) in [7, 11) is 0. The number of hydrogen-bond donors (Lipinski definition) is 2. The number of thiocarbonyl (C=S) groups is 1. The Kier molecular flexibility index (Phi) is 5.57. The molecule has 3 heteroatoms. The van der Waals surface area contributed by atoms with Gasteiger partial charge in [-0.15, -0.1) is 0 Å². The van der Waals surface area contributed by atoms with Gasteiger partial charge in [0.2, 0.25) is 0 Å². The van der Waals surface area contributed by atoms with Gasteiger partial charge in [-0.3, -0.25) is 0 Å². The quantitative estimate of drug-likeness (QED) is 0.574. The predicted octanol–water partition coefficient (Wildman–Crippen LogP) is 4.71. The van der Waals surface area contributed by atoms with Crippen LogP contribution in [-0.4, -0.2) is 11.5 Å². The zero-order valence-electron chi connectivity index (χ0n) is 12.9. The lowest BCUT2D eigenvalue weighted by molar-refractivity contribution is 0.545. The minimum atomic E-state index is 0.453. The van der Waals surface area contributed by atoms with Crippen LogP contribution in [0, 0.1) is 5.92 Å². The molecule has 0 aromatic heterocycles. The van der Waals surface area contributed by atoms with E-state index < -0.39 is 0 Å². The first-order valence-corrected chi connectivity index (χ1v) is 8.06. The molecule has 0 aliphatic rings. The molecule has 3 N–H and O–H groups in total. The predicted molar refractivity (Wildman–Crippen MR) is 97.0 cm³/mol. The van der Waals surface area contributed by atoms with E-state index in [1.54, 1.807) is 0 Å². The molecular formula is C18H24N2S. The molecule has 0 radical (unpaired) electrons. The Labute approximate surface area is 132 Å². The third-order valence-corrected chi connectivity index (χ3v) is 3.93. The van der Waals surface area contributed by atoms with E-state index in [1.807, 2.05) is 12.1 Å². The van der Waals surface area contributed by atoms with Gasteiger partial charge in [0.25, 0.3) is 0 Å². The molecule has 0 amide bonds. The van der Waals surface area contributed by atoms with E-state index in [1.165, 1.54) is 24.6 Å². The minimum Gasteiger partial charge on any atom is -0.389 e. The van der Waals surface area contributed by atoms with E-state index in [0.717, 1.165) is 29.1 Å². The average Bonchev–Trinajstić information content (AvgIpc) is 2.46. The SMILES string of the molecule is CC(C)CCCCNc1ccc(C(N)=S)c2ccccc12. The van der Waals surface area contributed by atoms with Crippen molar-refractivity contribution in [2.24, 2.45) is 11.7 Å². The zero-order chi connectivity index (χ0) is 15.2. The van der Waals surface area contributed by atoms with Gasteiger partial charge in [-0.1, -0.05) is 63.2 Å². The highest BCUT2D eigenvalue weighted by Gasteiger charge is 2.07. The molecule has 0 aliphatic carbocycles. The van der Waals surface area contributed by atoms with Crippen LogP contribution in [0.5, 0.6) is 0 Å². The van der Waals surface area contributed by atoms with E-state index in [-0.39, 0.29) is 0 Å². The van der Waals surface area contributed by atoms with Gasteiger partial charge in [0.1, 0.15) is 4.99 Å². The molecule has 0 unspecified atom stereocenters. The third-order valence-electron chi connectivity index (χ3n) is 3.71. The van der Waals surface area contributed by atoms with Gasteiger partial charge >= 0.3 is 0 Å². The van der Waals surface area contributed by atoms with E-state index in [2.05, 4.69) is 43.4 Å². The monoisotopic (exact) mass is 300 g/mol. The Morgan fingerprint density at radius 1 is 1.10 bits per heavy atom.